The fourth-order valence-corrected chi connectivity index (χ4v) is 3.51. The zero-order valence-corrected chi connectivity index (χ0v) is 16.0. The van der Waals surface area contributed by atoms with Gasteiger partial charge in [0.2, 0.25) is 11.8 Å². The predicted octanol–water partition coefficient (Wildman–Crippen LogP) is 2.20. The second kappa shape index (κ2) is 10.2. The highest BCUT2D eigenvalue weighted by Gasteiger charge is 2.24. The Labute approximate surface area is 158 Å². The number of carbonyl (C=O) groups excluding carboxylic acids is 2. The smallest absolute Gasteiger partial charge is 0.240 e. The average molecular weight is 381 g/mol. The standard InChI is InChI=1S/C17H24N4O2S2/c1-2-3-6-10-18-17(24)20-19-15(22)9-11-21-13-7-4-5-8-14(13)25-12-16(21)23/h4-5,7-8H,2-3,6,9-12H2,1H3,(H,19,22)(H2,18,20,24). The zero-order chi connectivity index (χ0) is 18.1. The van der Waals surface area contributed by atoms with E-state index in [1.165, 1.54) is 11.8 Å². The molecule has 3 N–H and O–H groups in total. The first-order valence-electron chi connectivity index (χ1n) is 8.46. The SMILES string of the molecule is CCCCCNC(=S)NNC(=O)CCN1C(=O)CSc2ccccc21. The van der Waals surface area contributed by atoms with Gasteiger partial charge in [0.05, 0.1) is 11.4 Å². The minimum Gasteiger partial charge on any atom is -0.361 e. The van der Waals surface area contributed by atoms with E-state index in [9.17, 15) is 9.59 Å². The van der Waals surface area contributed by atoms with Crippen molar-refractivity contribution < 1.29 is 9.59 Å². The number of hydrazine groups is 1. The van der Waals surface area contributed by atoms with Crippen LogP contribution in [0.3, 0.4) is 0 Å². The van der Waals surface area contributed by atoms with E-state index in [0.29, 0.717) is 17.4 Å². The lowest BCUT2D eigenvalue weighted by Crippen LogP contribution is -2.48. The molecule has 1 aliphatic rings. The summed E-state index contributed by atoms with van der Waals surface area (Å²) in [6, 6.07) is 7.74. The molecule has 0 saturated heterocycles. The first-order valence-corrected chi connectivity index (χ1v) is 9.86. The number of unbranched alkanes of at least 4 members (excludes halogenated alkanes) is 2. The van der Waals surface area contributed by atoms with Crippen molar-refractivity contribution in [3.8, 4) is 0 Å². The Morgan fingerprint density at radius 1 is 1.28 bits per heavy atom. The quantitative estimate of drug-likeness (QED) is 0.383. The highest BCUT2D eigenvalue weighted by atomic mass is 32.2. The van der Waals surface area contributed by atoms with Crippen molar-refractivity contribution in [1.29, 1.82) is 0 Å². The average Bonchev–Trinajstić information content (AvgIpc) is 2.62. The van der Waals surface area contributed by atoms with E-state index in [1.54, 1.807) is 4.90 Å². The van der Waals surface area contributed by atoms with Crippen LogP contribution >= 0.6 is 24.0 Å². The van der Waals surface area contributed by atoms with Gasteiger partial charge in [0, 0.05) is 24.4 Å². The van der Waals surface area contributed by atoms with Crippen molar-refractivity contribution in [2.45, 2.75) is 37.5 Å². The maximum Gasteiger partial charge on any atom is 0.240 e. The summed E-state index contributed by atoms with van der Waals surface area (Å²) >= 11 is 6.63. The Morgan fingerprint density at radius 3 is 2.88 bits per heavy atom. The Hall–Kier alpha value is -1.80. The molecule has 0 unspecified atom stereocenters. The molecule has 0 spiro atoms. The monoisotopic (exact) mass is 380 g/mol. The van der Waals surface area contributed by atoms with Gasteiger partial charge in [-0.15, -0.1) is 11.8 Å². The number of thioether (sulfide) groups is 1. The summed E-state index contributed by atoms with van der Waals surface area (Å²) in [7, 11) is 0. The van der Waals surface area contributed by atoms with Crippen molar-refractivity contribution >= 4 is 46.6 Å². The van der Waals surface area contributed by atoms with Gasteiger partial charge in [-0.1, -0.05) is 31.9 Å². The first-order chi connectivity index (χ1) is 12.1. The molecule has 0 bridgehead atoms. The normalized spacial score (nSPS) is 13.2. The molecule has 0 radical (unpaired) electrons. The molecule has 136 valence electrons. The number of fused-ring (bicyclic) bond motifs is 1. The van der Waals surface area contributed by atoms with Crippen molar-refractivity contribution in [2.24, 2.45) is 0 Å². The number of nitrogens with one attached hydrogen (secondary N) is 3. The van der Waals surface area contributed by atoms with Gasteiger partial charge in [-0.2, -0.15) is 0 Å². The van der Waals surface area contributed by atoms with Gasteiger partial charge in [0.1, 0.15) is 0 Å². The summed E-state index contributed by atoms with van der Waals surface area (Å²) in [5, 5.41) is 3.44. The molecule has 1 heterocycles. The number of amides is 2. The molecule has 0 saturated carbocycles. The van der Waals surface area contributed by atoms with Gasteiger partial charge in [-0.25, -0.2) is 0 Å². The molecule has 2 rings (SSSR count). The third kappa shape index (κ3) is 6.21. The number of anilines is 1. The Balaban J connectivity index is 1.73. The van der Waals surface area contributed by atoms with Gasteiger partial charge in [0.15, 0.2) is 5.11 Å². The summed E-state index contributed by atoms with van der Waals surface area (Å²) in [6.45, 7) is 3.27. The van der Waals surface area contributed by atoms with E-state index in [2.05, 4.69) is 23.1 Å². The second-order valence-corrected chi connectivity index (χ2v) is 7.11. The lowest BCUT2D eigenvalue weighted by Gasteiger charge is -2.28. The van der Waals surface area contributed by atoms with Crippen molar-refractivity contribution in [3.05, 3.63) is 24.3 Å². The second-order valence-electron chi connectivity index (χ2n) is 5.69. The summed E-state index contributed by atoms with van der Waals surface area (Å²) in [5.41, 5.74) is 6.13. The van der Waals surface area contributed by atoms with E-state index in [1.807, 2.05) is 24.3 Å². The van der Waals surface area contributed by atoms with Crippen LogP contribution in [0.5, 0.6) is 0 Å². The van der Waals surface area contributed by atoms with Gasteiger partial charge in [-0.3, -0.25) is 20.4 Å². The third-order valence-corrected chi connectivity index (χ3v) is 5.05. The van der Waals surface area contributed by atoms with Crippen molar-refractivity contribution in [3.63, 3.8) is 0 Å². The maximum atomic E-state index is 12.1. The first kappa shape index (κ1) is 19.5. The van der Waals surface area contributed by atoms with E-state index in [0.717, 1.165) is 36.4 Å². The molecule has 8 heteroatoms. The summed E-state index contributed by atoms with van der Waals surface area (Å²) in [5.74, 6) is 0.224. The molecular weight excluding hydrogens is 356 g/mol. The van der Waals surface area contributed by atoms with Gasteiger partial charge in [-0.05, 0) is 30.8 Å². The molecule has 1 aliphatic heterocycles. The molecule has 2 amide bonds. The summed E-state index contributed by atoms with van der Waals surface area (Å²) in [6.07, 6.45) is 3.54. The minimum atomic E-state index is -0.207. The Bertz CT molecular complexity index is 624. The zero-order valence-electron chi connectivity index (χ0n) is 14.3. The van der Waals surface area contributed by atoms with Crippen LogP contribution in [-0.2, 0) is 9.59 Å². The van der Waals surface area contributed by atoms with Crippen LogP contribution in [0.1, 0.15) is 32.6 Å². The van der Waals surface area contributed by atoms with Crippen LogP contribution in [0.4, 0.5) is 5.69 Å². The van der Waals surface area contributed by atoms with E-state index in [-0.39, 0.29) is 18.2 Å². The van der Waals surface area contributed by atoms with E-state index < -0.39 is 0 Å². The number of rotatable bonds is 7. The summed E-state index contributed by atoms with van der Waals surface area (Å²) < 4.78 is 0. The molecule has 1 aromatic rings. The van der Waals surface area contributed by atoms with Crippen LogP contribution < -0.4 is 21.1 Å². The highest BCUT2D eigenvalue weighted by molar-refractivity contribution is 8.00. The largest absolute Gasteiger partial charge is 0.361 e. The molecule has 0 aliphatic carbocycles. The van der Waals surface area contributed by atoms with Crippen molar-refractivity contribution in [1.82, 2.24) is 16.2 Å². The molecular formula is C17H24N4O2S2. The third-order valence-electron chi connectivity index (χ3n) is 3.75. The summed E-state index contributed by atoms with van der Waals surface area (Å²) in [4.78, 5) is 26.9. The van der Waals surface area contributed by atoms with Gasteiger partial charge < -0.3 is 10.2 Å². The number of benzene rings is 1. The maximum absolute atomic E-state index is 12.1. The Morgan fingerprint density at radius 2 is 2.08 bits per heavy atom. The van der Waals surface area contributed by atoms with Crippen LogP contribution in [0.25, 0.3) is 0 Å². The van der Waals surface area contributed by atoms with Crippen molar-refractivity contribution in [2.75, 3.05) is 23.7 Å². The lowest BCUT2D eigenvalue weighted by molar-refractivity contribution is -0.121. The number of nitrogens with zero attached hydrogens (tertiary/aromatic N) is 1. The topological polar surface area (TPSA) is 73.5 Å². The molecule has 6 nitrogen and oxygen atoms in total. The van der Waals surface area contributed by atoms with Gasteiger partial charge in [0.25, 0.3) is 0 Å². The minimum absolute atomic E-state index is 0.0255. The number of hydrogen-bond donors (Lipinski definition) is 3. The predicted molar refractivity (Wildman–Crippen MR) is 106 cm³/mol. The number of hydrogen-bond acceptors (Lipinski definition) is 4. The fourth-order valence-electron chi connectivity index (χ4n) is 2.42. The molecule has 0 fully saturated rings. The molecule has 25 heavy (non-hydrogen) atoms. The van der Waals surface area contributed by atoms with Crippen LogP contribution in [0.15, 0.2) is 29.2 Å². The highest BCUT2D eigenvalue weighted by Crippen LogP contribution is 2.34. The van der Waals surface area contributed by atoms with Crippen LogP contribution in [-0.4, -0.2) is 35.8 Å². The molecule has 1 aromatic carbocycles. The molecule has 0 aromatic heterocycles. The van der Waals surface area contributed by atoms with Crippen LogP contribution in [0, 0.1) is 0 Å². The lowest BCUT2D eigenvalue weighted by atomic mass is 10.2. The Kier molecular flexibility index (Phi) is 8.00. The molecule has 0 atom stereocenters. The number of thiocarbonyl (C=S) groups is 1. The van der Waals surface area contributed by atoms with E-state index >= 15 is 0 Å². The number of para-hydroxylation sites is 1. The van der Waals surface area contributed by atoms with Crippen LogP contribution in [0.2, 0.25) is 0 Å². The van der Waals surface area contributed by atoms with Gasteiger partial charge >= 0.3 is 0 Å². The number of carbonyl (C=O) groups is 2. The fraction of sp³-hybridized carbons (Fsp3) is 0.471. The van der Waals surface area contributed by atoms with E-state index in [4.69, 9.17) is 12.2 Å².